The molecule has 25 heavy (non-hydrogen) atoms. The Labute approximate surface area is 158 Å². The van der Waals surface area contributed by atoms with Crippen LogP contribution in [0.25, 0.3) is 0 Å². The second-order valence-corrected chi connectivity index (χ2v) is 9.33. The summed E-state index contributed by atoms with van der Waals surface area (Å²) in [7, 11) is -3.49. The van der Waals surface area contributed by atoms with Crippen molar-refractivity contribution in [1.29, 1.82) is 0 Å². The van der Waals surface area contributed by atoms with Crippen molar-refractivity contribution in [2.75, 3.05) is 38.6 Å². The number of halogens is 1. The van der Waals surface area contributed by atoms with E-state index in [4.69, 9.17) is 4.74 Å². The third-order valence-electron chi connectivity index (χ3n) is 4.33. The first-order valence-corrected chi connectivity index (χ1v) is 10.8. The Morgan fingerprint density at radius 2 is 1.84 bits per heavy atom. The van der Waals surface area contributed by atoms with Crippen LogP contribution in [0.2, 0.25) is 0 Å². The number of morpholine rings is 1. The summed E-state index contributed by atoms with van der Waals surface area (Å²) in [5.41, 5.74) is 0. The van der Waals surface area contributed by atoms with Gasteiger partial charge in [0.1, 0.15) is 0 Å². The number of carbonyl (C=O) groups excluding carboxylic acids is 1. The third-order valence-corrected chi connectivity index (χ3v) is 6.79. The van der Waals surface area contributed by atoms with E-state index in [0.717, 1.165) is 17.6 Å². The van der Waals surface area contributed by atoms with Crippen molar-refractivity contribution >= 4 is 31.7 Å². The molecule has 0 spiro atoms. The number of amides is 1. The Kier molecular flexibility index (Phi) is 7.42. The smallest absolute Gasteiger partial charge is 0.223 e. The minimum atomic E-state index is -3.49. The van der Waals surface area contributed by atoms with Gasteiger partial charge in [0.2, 0.25) is 5.91 Å². The van der Waals surface area contributed by atoms with Crippen molar-refractivity contribution in [2.24, 2.45) is 5.92 Å². The van der Waals surface area contributed by atoms with Crippen molar-refractivity contribution in [3.63, 3.8) is 0 Å². The Hall–Kier alpha value is -0.960. The molecule has 0 aromatic heterocycles. The average Bonchev–Trinajstić information content (AvgIpc) is 2.60. The van der Waals surface area contributed by atoms with Gasteiger partial charge in [0, 0.05) is 36.1 Å². The fraction of sp³-hybridized carbons (Fsp3) is 0.588. The molecule has 1 aliphatic rings. The monoisotopic (exact) mass is 432 g/mol. The quantitative estimate of drug-likeness (QED) is 0.709. The molecule has 1 heterocycles. The topological polar surface area (TPSA) is 75.7 Å². The maximum atomic E-state index is 12.4. The molecular formula is C17H25BrN2O4S. The van der Waals surface area contributed by atoms with Crippen LogP contribution in [0, 0.1) is 5.92 Å². The van der Waals surface area contributed by atoms with Crippen LogP contribution in [0.4, 0.5) is 0 Å². The fourth-order valence-electron chi connectivity index (χ4n) is 2.71. The van der Waals surface area contributed by atoms with Crippen LogP contribution in [0.3, 0.4) is 0 Å². The molecular weight excluding hydrogens is 408 g/mol. The largest absolute Gasteiger partial charge is 0.379 e. The molecule has 140 valence electrons. The van der Waals surface area contributed by atoms with Crippen LogP contribution < -0.4 is 5.32 Å². The van der Waals surface area contributed by atoms with E-state index in [-0.39, 0.29) is 22.6 Å². The van der Waals surface area contributed by atoms with Gasteiger partial charge < -0.3 is 10.1 Å². The van der Waals surface area contributed by atoms with Gasteiger partial charge in [-0.25, -0.2) is 8.42 Å². The number of benzene rings is 1. The maximum Gasteiger partial charge on any atom is 0.223 e. The van der Waals surface area contributed by atoms with Crippen LogP contribution in [0.5, 0.6) is 0 Å². The molecule has 1 amide bonds. The first kappa shape index (κ1) is 20.4. The van der Waals surface area contributed by atoms with Crippen molar-refractivity contribution in [3.8, 4) is 0 Å². The molecule has 2 rings (SSSR count). The van der Waals surface area contributed by atoms with Gasteiger partial charge in [0.15, 0.2) is 9.84 Å². The van der Waals surface area contributed by atoms with E-state index in [2.05, 4.69) is 33.1 Å². The molecule has 1 N–H and O–H groups in total. The number of sulfone groups is 1. The SMILES string of the molecule is C[C@@H](CS(=O)(=O)c1ccc(Br)cc1)C(=O)NC[C@H](C)N1CCOCC1. The number of rotatable bonds is 7. The fourth-order valence-corrected chi connectivity index (χ4v) is 4.53. The van der Waals surface area contributed by atoms with E-state index in [1.54, 1.807) is 31.2 Å². The van der Waals surface area contributed by atoms with Crippen molar-refractivity contribution in [3.05, 3.63) is 28.7 Å². The van der Waals surface area contributed by atoms with Crippen molar-refractivity contribution in [1.82, 2.24) is 10.2 Å². The van der Waals surface area contributed by atoms with Crippen LogP contribution in [-0.4, -0.2) is 63.9 Å². The van der Waals surface area contributed by atoms with Gasteiger partial charge in [-0.1, -0.05) is 22.9 Å². The molecule has 6 nitrogen and oxygen atoms in total. The Bertz CT molecular complexity index is 672. The predicted molar refractivity (Wildman–Crippen MR) is 100 cm³/mol. The lowest BCUT2D eigenvalue weighted by molar-refractivity contribution is -0.124. The van der Waals surface area contributed by atoms with Gasteiger partial charge in [-0.15, -0.1) is 0 Å². The summed E-state index contributed by atoms with van der Waals surface area (Å²) in [6.07, 6.45) is 0. The lowest BCUT2D eigenvalue weighted by Crippen LogP contribution is -2.48. The molecule has 1 saturated heterocycles. The highest BCUT2D eigenvalue weighted by molar-refractivity contribution is 9.10. The molecule has 2 atom stereocenters. The van der Waals surface area contributed by atoms with Crippen molar-refractivity contribution < 1.29 is 17.9 Å². The Morgan fingerprint density at radius 1 is 1.24 bits per heavy atom. The van der Waals surface area contributed by atoms with Gasteiger partial charge in [0.05, 0.1) is 23.9 Å². The molecule has 0 aliphatic carbocycles. The minimum absolute atomic E-state index is 0.197. The molecule has 0 saturated carbocycles. The van der Waals surface area contributed by atoms with Crippen LogP contribution in [-0.2, 0) is 19.4 Å². The van der Waals surface area contributed by atoms with Crippen LogP contribution in [0.1, 0.15) is 13.8 Å². The molecule has 0 radical (unpaired) electrons. The third kappa shape index (κ3) is 6.06. The number of carbonyl (C=O) groups is 1. The van der Waals surface area contributed by atoms with E-state index in [1.807, 2.05) is 0 Å². The van der Waals surface area contributed by atoms with E-state index < -0.39 is 15.8 Å². The normalized spacial score (nSPS) is 18.5. The first-order chi connectivity index (χ1) is 11.8. The molecule has 0 bridgehead atoms. The zero-order valence-corrected chi connectivity index (χ0v) is 17.0. The summed E-state index contributed by atoms with van der Waals surface area (Å²) >= 11 is 3.28. The molecule has 1 aromatic carbocycles. The second-order valence-electron chi connectivity index (χ2n) is 6.38. The second kappa shape index (κ2) is 9.12. The number of ether oxygens (including phenoxy) is 1. The van der Waals surface area contributed by atoms with Crippen LogP contribution >= 0.6 is 15.9 Å². The van der Waals surface area contributed by atoms with E-state index in [0.29, 0.717) is 19.8 Å². The first-order valence-electron chi connectivity index (χ1n) is 8.37. The zero-order valence-electron chi connectivity index (χ0n) is 14.6. The molecule has 1 aromatic rings. The zero-order chi connectivity index (χ0) is 18.4. The Balaban J connectivity index is 1.85. The number of nitrogens with one attached hydrogen (secondary N) is 1. The van der Waals surface area contributed by atoms with E-state index in [9.17, 15) is 13.2 Å². The summed E-state index contributed by atoms with van der Waals surface area (Å²) in [6, 6.07) is 6.65. The van der Waals surface area contributed by atoms with Gasteiger partial charge >= 0.3 is 0 Å². The lowest BCUT2D eigenvalue weighted by atomic mass is 10.2. The Morgan fingerprint density at radius 3 is 2.44 bits per heavy atom. The molecule has 8 heteroatoms. The summed E-state index contributed by atoms with van der Waals surface area (Å²) in [5.74, 6) is -1.04. The van der Waals surface area contributed by atoms with Crippen molar-refractivity contribution in [2.45, 2.75) is 24.8 Å². The van der Waals surface area contributed by atoms with E-state index in [1.165, 1.54) is 0 Å². The van der Waals surface area contributed by atoms with Gasteiger partial charge in [-0.2, -0.15) is 0 Å². The van der Waals surface area contributed by atoms with Gasteiger partial charge in [0.25, 0.3) is 0 Å². The highest BCUT2D eigenvalue weighted by Crippen LogP contribution is 2.18. The summed E-state index contributed by atoms with van der Waals surface area (Å²) in [6.45, 7) is 7.32. The summed E-state index contributed by atoms with van der Waals surface area (Å²) < 4.78 is 31.0. The number of hydrogen-bond acceptors (Lipinski definition) is 5. The summed E-state index contributed by atoms with van der Waals surface area (Å²) in [5, 5.41) is 2.87. The van der Waals surface area contributed by atoms with Gasteiger partial charge in [-0.05, 0) is 31.2 Å². The average molecular weight is 433 g/mol. The lowest BCUT2D eigenvalue weighted by Gasteiger charge is -2.32. The highest BCUT2D eigenvalue weighted by Gasteiger charge is 2.24. The standard InChI is InChI=1S/C17H25BrN2O4S/c1-13(12-25(22,23)16-5-3-15(18)4-6-16)17(21)19-11-14(2)20-7-9-24-10-8-20/h3-6,13-14H,7-12H2,1-2H3,(H,19,21)/t13-,14-/m0/s1. The van der Waals surface area contributed by atoms with Crippen LogP contribution in [0.15, 0.2) is 33.6 Å². The highest BCUT2D eigenvalue weighted by atomic mass is 79.9. The maximum absolute atomic E-state index is 12.4. The minimum Gasteiger partial charge on any atom is -0.379 e. The molecule has 1 fully saturated rings. The van der Waals surface area contributed by atoms with Gasteiger partial charge in [-0.3, -0.25) is 9.69 Å². The number of nitrogens with zero attached hydrogens (tertiary/aromatic N) is 1. The number of hydrogen-bond donors (Lipinski definition) is 1. The molecule has 1 aliphatic heterocycles. The predicted octanol–water partition coefficient (Wildman–Crippen LogP) is 1.70. The molecule has 0 unspecified atom stereocenters. The van der Waals surface area contributed by atoms with E-state index >= 15 is 0 Å². The summed E-state index contributed by atoms with van der Waals surface area (Å²) in [4.78, 5) is 14.8.